The van der Waals surface area contributed by atoms with Gasteiger partial charge in [-0.3, -0.25) is 4.79 Å². The van der Waals surface area contributed by atoms with Crippen LogP contribution in [-0.4, -0.2) is 36.8 Å². The number of nitrogens with zero attached hydrogens (tertiary/aromatic N) is 1. The zero-order valence-corrected chi connectivity index (χ0v) is 14.7. The first-order valence-electron chi connectivity index (χ1n) is 8.63. The first kappa shape index (κ1) is 18.5. The Morgan fingerprint density at radius 3 is 2.65 bits per heavy atom. The quantitative estimate of drug-likeness (QED) is 0.856. The van der Waals surface area contributed by atoms with Crippen molar-refractivity contribution >= 4 is 17.6 Å². The Morgan fingerprint density at radius 1 is 1.31 bits per heavy atom. The summed E-state index contributed by atoms with van der Waals surface area (Å²) in [6.45, 7) is 3.49. The molecule has 0 bridgehead atoms. The molecule has 2 atom stereocenters. The van der Waals surface area contributed by atoms with E-state index < -0.39 is 24.7 Å². The van der Waals surface area contributed by atoms with Gasteiger partial charge in [-0.15, -0.1) is 0 Å². The largest absolute Gasteiger partial charge is 0.455 e. The first-order valence-corrected chi connectivity index (χ1v) is 8.63. The summed E-state index contributed by atoms with van der Waals surface area (Å²) in [6.07, 6.45) is -2.69. The fraction of sp³-hybridized carbons (Fsp3) is 0.556. The van der Waals surface area contributed by atoms with Crippen molar-refractivity contribution in [2.45, 2.75) is 51.4 Å². The van der Waals surface area contributed by atoms with Gasteiger partial charge in [-0.05, 0) is 62.3 Å². The number of aliphatic imine (C=N–C) groups is 1. The molecule has 1 saturated carbocycles. The van der Waals surface area contributed by atoms with Gasteiger partial charge in [0.2, 0.25) is 0 Å². The normalized spacial score (nSPS) is 23.0. The predicted molar refractivity (Wildman–Crippen MR) is 92.0 cm³/mol. The van der Waals surface area contributed by atoms with Crippen molar-refractivity contribution in [2.24, 2.45) is 10.9 Å². The Labute approximate surface area is 150 Å². The molecule has 142 valence electrons. The Bertz CT molecular complexity index is 714. The number of halogens is 3. The van der Waals surface area contributed by atoms with Gasteiger partial charge in [0.15, 0.2) is 12.6 Å². The SMILES string of the molecule is Cc1ccc(NC(=O)COC2=N[C@@H](C(F)(F)F)C[C@@H](C3CC3)N2)cc1C. The Kier molecular flexibility index (Phi) is 5.11. The summed E-state index contributed by atoms with van der Waals surface area (Å²) in [5.41, 5.74) is 2.75. The van der Waals surface area contributed by atoms with Crippen molar-refractivity contribution in [1.82, 2.24) is 5.32 Å². The minimum atomic E-state index is -4.41. The van der Waals surface area contributed by atoms with Crippen LogP contribution in [0.4, 0.5) is 18.9 Å². The Morgan fingerprint density at radius 2 is 2.04 bits per heavy atom. The summed E-state index contributed by atoms with van der Waals surface area (Å²) in [7, 11) is 0. The molecule has 1 aromatic rings. The van der Waals surface area contributed by atoms with E-state index in [0.29, 0.717) is 5.69 Å². The highest BCUT2D eigenvalue weighted by molar-refractivity contribution is 5.93. The molecule has 2 N–H and O–H groups in total. The molecule has 1 amide bonds. The summed E-state index contributed by atoms with van der Waals surface area (Å²) in [4.78, 5) is 15.6. The summed E-state index contributed by atoms with van der Waals surface area (Å²) in [5, 5.41) is 5.57. The van der Waals surface area contributed by atoms with Crippen LogP contribution < -0.4 is 10.6 Å². The molecular weight excluding hydrogens is 347 g/mol. The van der Waals surface area contributed by atoms with E-state index in [1.165, 1.54) is 0 Å². The topological polar surface area (TPSA) is 62.7 Å². The molecule has 0 saturated heterocycles. The molecule has 8 heteroatoms. The van der Waals surface area contributed by atoms with Crippen LogP contribution in [0.3, 0.4) is 0 Å². The lowest BCUT2D eigenvalue weighted by Gasteiger charge is -2.30. The van der Waals surface area contributed by atoms with Gasteiger partial charge < -0.3 is 15.4 Å². The second-order valence-electron chi connectivity index (χ2n) is 6.95. The zero-order valence-electron chi connectivity index (χ0n) is 14.7. The van der Waals surface area contributed by atoms with Gasteiger partial charge in [0.05, 0.1) is 0 Å². The molecule has 0 spiro atoms. The van der Waals surface area contributed by atoms with E-state index in [1.807, 2.05) is 26.0 Å². The van der Waals surface area contributed by atoms with Crippen LogP contribution in [0.5, 0.6) is 0 Å². The van der Waals surface area contributed by atoms with Gasteiger partial charge in [0, 0.05) is 11.7 Å². The van der Waals surface area contributed by atoms with Gasteiger partial charge in [-0.25, -0.2) is 4.99 Å². The van der Waals surface area contributed by atoms with Crippen LogP contribution in [0, 0.1) is 19.8 Å². The molecule has 1 aliphatic heterocycles. The van der Waals surface area contributed by atoms with Gasteiger partial charge in [-0.1, -0.05) is 6.07 Å². The van der Waals surface area contributed by atoms with E-state index in [4.69, 9.17) is 4.74 Å². The smallest absolute Gasteiger partial charge is 0.411 e. The maximum Gasteiger partial charge on any atom is 0.411 e. The molecule has 1 heterocycles. The van der Waals surface area contributed by atoms with Crippen molar-refractivity contribution in [3.05, 3.63) is 29.3 Å². The molecule has 0 aromatic heterocycles. The van der Waals surface area contributed by atoms with Crippen LogP contribution in [0.25, 0.3) is 0 Å². The number of aryl methyl sites for hydroxylation is 2. The monoisotopic (exact) mass is 369 g/mol. The summed E-state index contributed by atoms with van der Waals surface area (Å²) < 4.78 is 44.4. The van der Waals surface area contributed by atoms with Gasteiger partial charge >= 0.3 is 6.18 Å². The number of ether oxygens (including phenoxy) is 1. The standard InChI is InChI=1S/C18H22F3N3O2/c1-10-3-6-13(7-11(10)2)22-16(25)9-26-17-23-14(12-4-5-12)8-15(24-17)18(19,20)21/h3,6-7,12,14-15H,4-5,8-9H2,1-2H3,(H,22,25)(H,23,24)/t14-,15+/m0/s1. The van der Waals surface area contributed by atoms with E-state index >= 15 is 0 Å². The fourth-order valence-electron chi connectivity index (χ4n) is 2.93. The van der Waals surface area contributed by atoms with Crippen molar-refractivity contribution in [1.29, 1.82) is 0 Å². The van der Waals surface area contributed by atoms with Crippen LogP contribution in [0.2, 0.25) is 0 Å². The minimum Gasteiger partial charge on any atom is -0.455 e. The van der Waals surface area contributed by atoms with E-state index in [9.17, 15) is 18.0 Å². The molecule has 1 aliphatic carbocycles. The van der Waals surface area contributed by atoms with E-state index in [0.717, 1.165) is 24.0 Å². The number of alkyl halides is 3. The van der Waals surface area contributed by atoms with Crippen LogP contribution in [0.15, 0.2) is 23.2 Å². The van der Waals surface area contributed by atoms with Crippen molar-refractivity contribution < 1.29 is 22.7 Å². The number of carbonyl (C=O) groups excluding carboxylic acids is 1. The number of anilines is 1. The fourth-order valence-corrected chi connectivity index (χ4v) is 2.93. The highest BCUT2D eigenvalue weighted by atomic mass is 19.4. The molecule has 0 radical (unpaired) electrons. The maximum atomic E-state index is 13.1. The molecule has 5 nitrogen and oxygen atoms in total. The van der Waals surface area contributed by atoms with Gasteiger partial charge in [-0.2, -0.15) is 13.2 Å². The lowest BCUT2D eigenvalue weighted by atomic mass is 10.0. The number of carbonyl (C=O) groups is 1. The average molecular weight is 369 g/mol. The first-order chi connectivity index (χ1) is 12.2. The Hall–Kier alpha value is -2.25. The third-order valence-corrected chi connectivity index (χ3v) is 4.76. The lowest BCUT2D eigenvalue weighted by Crippen LogP contribution is -2.48. The van der Waals surface area contributed by atoms with Crippen LogP contribution >= 0.6 is 0 Å². The lowest BCUT2D eigenvalue weighted by molar-refractivity contribution is -0.151. The number of rotatable bonds is 4. The van der Waals surface area contributed by atoms with Crippen molar-refractivity contribution in [3.8, 4) is 0 Å². The third-order valence-electron chi connectivity index (χ3n) is 4.76. The summed E-state index contributed by atoms with van der Waals surface area (Å²) in [6, 6.07) is 3.17. The second-order valence-corrected chi connectivity index (χ2v) is 6.95. The number of nitrogens with one attached hydrogen (secondary N) is 2. The molecule has 1 aromatic carbocycles. The highest BCUT2D eigenvalue weighted by Crippen LogP contribution is 2.38. The van der Waals surface area contributed by atoms with Gasteiger partial charge in [0.1, 0.15) is 0 Å². The van der Waals surface area contributed by atoms with Crippen LogP contribution in [-0.2, 0) is 9.53 Å². The predicted octanol–water partition coefficient (Wildman–Crippen LogP) is 3.32. The summed E-state index contributed by atoms with van der Waals surface area (Å²) >= 11 is 0. The number of amidine groups is 1. The molecule has 0 unspecified atom stereocenters. The Balaban J connectivity index is 1.58. The van der Waals surface area contributed by atoms with Gasteiger partial charge in [0.25, 0.3) is 11.9 Å². The molecule has 26 heavy (non-hydrogen) atoms. The number of hydrogen-bond acceptors (Lipinski definition) is 4. The van der Waals surface area contributed by atoms with Crippen LogP contribution in [0.1, 0.15) is 30.4 Å². The highest BCUT2D eigenvalue weighted by Gasteiger charge is 2.46. The summed E-state index contributed by atoms with van der Waals surface area (Å²) in [5.74, 6) is -0.229. The van der Waals surface area contributed by atoms with E-state index in [-0.39, 0.29) is 24.4 Å². The molecule has 3 rings (SSSR count). The zero-order chi connectivity index (χ0) is 18.9. The van der Waals surface area contributed by atoms with Crippen molar-refractivity contribution in [2.75, 3.05) is 11.9 Å². The maximum absolute atomic E-state index is 13.1. The molecule has 2 aliphatic rings. The third kappa shape index (κ3) is 4.68. The number of amides is 1. The average Bonchev–Trinajstić information content (AvgIpc) is 3.40. The molecule has 1 fully saturated rings. The van der Waals surface area contributed by atoms with E-state index in [1.54, 1.807) is 6.07 Å². The van der Waals surface area contributed by atoms with E-state index in [2.05, 4.69) is 15.6 Å². The number of hydrogen-bond donors (Lipinski definition) is 2. The molecular formula is C18H22F3N3O2. The second kappa shape index (κ2) is 7.17. The van der Waals surface area contributed by atoms with Crippen molar-refractivity contribution in [3.63, 3.8) is 0 Å². The number of benzene rings is 1. The minimum absolute atomic E-state index is 0.0874.